The predicted molar refractivity (Wildman–Crippen MR) is 101 cm³/mol. The molecule has 0 fully saturated rings. The third-order valence-electron chi connectivity index (χ3n) is 3.65. The molecular weight excluding hydrogens is 442 g/mol. The smallest absolute Gasteiger partial charge is 0.254 e. The number of benzene rings is 2. The van der Waals surface area contributed by atoms with Crippen molar-refractivity contribution in [3.05, 3.63) is 62.4 Å². The SMILES string of the molecule is COc1ccc(-c2nc(COc3ccc(F)c(C(N)=O)c3F)sc2Br)cc1. The van der Waals surface area contributed by atoms with Crippen LogP contribution < -0.4 is 15.2 Å². The lowest BCUT2D eigenvalue weighted by Crippen LogP contribution is -2.16. The van der Waals surface area contributed by atoms with Crippen molar-refractivity contribution in [1.29, 1.82) is 0 Å². The van der Waals surface area contributed by atoms with Gasteiger partial charge in [-0.2, -0.15) is 0 Å². The number of rotatable bonds is 6. The van der Waals surface area contributed by atoms with Crippen molar-refractivity contribution in [2.75, 3.05) is 7.11 Å². The molecule has 0 bridgehead atoms. The number of hydrogen-bond acceptors (Lipinski definition) is 5. The molecular formula is C18H13BrF2N2O3S. The van der Waals surface area contributed by atoms with Gasteiger partial charge in [-0.1, -0.05) is 0 Å². The Morgan fingerprint density at radius 3 is 2.56 bits per heavy atom. The van der Waals surface area contributed by atoms with Gasteiger partial charge < -0.3 is 15.2 Å². The molecule has 0 atom stereocenters. The highest BCUT2D eigenvalue weighted by atomic mass is 79.9. The maximum Gasteiger partial charge on any atom is 0.254 e. The van der Waals surface area contributed by atoms with Gasteiger partial charge in [0.25, 0.3) is 5.91 Å². The van der Waals surface area contributed by atoms with Gasteiger partial charge in [0.15, 0.2) is 11.6 Å². The molecule has 0 saturated heterocycles. The summed E-state index contributed by atoms with van der Waals surface area (Å²) >= 11 is 4.77. The van der Waals surface area contributed by atoms with E-state index < -0.39 is 23.1 Å². The molecule has 2 aromatic carbocycles. The first-order valence-electron chi connectivity index (χ1n) is 7.61. The monoisotopic (exact) mass is 454 g/mol. The summed E-state index contributed by atoms with van der Waals surface area (Å²) in [6.07, 6.45) is 0. The van der Waals surface area contributed by atoms with Crippen LogP contribution in [0.25, 0.3) is 11.3 Å². The first-order valence-corrected chi connectivity index (χ1v) is 9.22. The molecule has 27 heavy (non-hydrogen) atoms. The van der Waals surface area contributed by atoms with Gasteiger partial charge in [0.05, 0.1) is 16.6 Å². The summed E-state index contributed by atoms with van der Waals surface area (Å²) in [4.78, 5) is 15.7. The number of aromatic nitrogens is 1. The predicted octanol–water partition coefficient (Wildman–Crippen LogP) is 4.54. The van der Waals surface area contributed by atoms with Crippen LogP contribution in [-0.2, 0) is 6.61 Å². The highest BCUT2D eigenvalue weighted by molar-refractivity contribution is 9.11. The molecule has 3 rings (SSSR count). The summed E-state index contributed by atoms with van der Waals surface area (Å²) in [5.41, 5.74) is 5.75. The highest BCUT2D eigenvalue weighted by Crippen LogP contribution is 2.34. The minimum atomic E-state index is -1.20. The fraction of sp³-hybridized carbons (Fsp3) is 0.111. The average molecular weight is 455 g/mol. The Hall–Kier alpha value is -2.52. The number of carbonyl (C=O) groups is 1. The number of nitrogens with zero attached hydrogens (tertiary/aromatic N) is 1. The second-order valence-electron chi connectivity index (χ2n) is 5.35. The second kappa shape index (κ2) is 8.01. The fourth-order valence-electron chi connectivity index (χ4n) is 2.34. The Morgan fingerprint density at radius 1 is 1.22 bits per heavy atom. The molecule has 0 aliphatic rings. The molecule has 1 heterocycles. The van der Waals surface area contributed by atoms with E-state index in [-0.39, 0.29) is 12.4 Å². The molecule has 0 radical (unpaired) electrons. The van der Waals surface area contributed by atoms with E-state index in [4.69, 9.17) is 15.2 Å². The third kappa shape index (κ3) is 4.09. The summed E-state index contributed by atoms with van der Waals surface area (Å²) < 4.78 is 39.0. The van der Waals surface area contributed by atoms with Crippen molar-refractivity contribution >= 4 is 33.2 Å². The maximum absolute atomic E-state index is 14.2. The van der Waals surface area contributed by atoms with Crippen molar-refractivity contribution in [3.8, 4) is 22.8 Å². The fourth-order valence-corrected chi connectivity index (χ4v) is 3.94. The molecule has 1 aromatic heterocycles. The van der Waals surface area contributed by atoms with Crippen molar-refractivity contribution in [1.82, 2.24) is 4.98 Å². The Labute approximate surface area is 165 Å². The van der Waals surface area contributed by atoms with Crippen molar-refractivity contribution in [2.45, 2.75) is 6.61 Å². The van der Waals surface area contributed by atoms with Gasteiger partial charge in [-0.15, -0.1) is 11.3 Å². The van der Waals surface area contributed by atoms with E-state index in [0.29, 0.717) is 10.7 Å². The topological polar surface area (TPSA) is 74.4 Å². The van der Waals surface area contributed by atoms with Crippen LogP contribution in [0.4, 0.5) is 8.78 Å². The van der Waals surface area contributed by atoms with Crippen LogP contribution in [0.3, 0.4) is 0 Å². The Balaban J connectivity index is 1.80. The van der Waals surface area contributed by atoms with Crippen molar-refractivity contribution in [2.24, 2.45) is 5.73 Å². The average Bonchev–Trinajstić information content (AvgIpc) is 3.01. The molecule has 0 unspecified atom stereocenters. The molecule has 140 valence electrons. The van der Waals surface area contributed by atoms with Gasteiger partial charge in [0.2, 0.25) is 0 Å². The van der Waals surface area contributed by atoms with Crippen LogP contribution in [0.15, 0.2) is 40.2 Å². The van der Waals surface area contributed by atoms with Gasteiger partial charge >= 0.3 is 0 Å². The molecule has 9 heteroatoms. The van der Waals surface area contributed by atoms with E-state index in [1.807, 2.05) is 24.3 Å². The van der Waals surface area contributed by atoms with Gasteiger partial charge in [0.1, 0.15) is 28.7 Å². The number of thiazole rings is 1. The lowest BCUT2D eigenvalue weighted by molar-refractivity contribution is 0.0991. The number of halogens is 3. The Morgan fingerprint density at radius 2 is 1.93 bits per heavy atom. The van der Waals surface area contributed by atoms with Gasteiger partial charge in [-0.05, 0) is 52.3 Å². The summed E-state index contributed by atoms with van der Waals surface area (Å²) in [6.45, 7) is -0.0554. The summed E-state index contributed by atoms with van der Waals surface area (Å²) in [7, 11) is 1.58. The lowest BCUT2D eigenvalue weighted by atomic mass is 10.1. The zero-order chi connectivity index (χ0) is 19.6. The van der Waals surface area contributed by atoms with Crippen LogP contribution in [0.2, 0.25) is 0 Å². The zero-order valence-electron chi connectivity index (χ0n) is 14.0. The highest BCUT2D eigenvalue weighted by Gasteiger charge is 2.20. The Bertz CT molecular complexity index is 993. The first kappa shape index (κ1) is 19.2. The number of hydrogen-bond donors (Lipinski definition) is 1. The number of primary amides is 1. The first-order chi connectivity index (χ1) is 12.9. The number of amides is 1. The van der Waals surface area contributed by atoms with E-state index in [1.54, 1.807) is 7.11 Å². The minimum Gasteiger partial charge on any atom is -0.497 e. The zero-order valence-corrected chi connectivity index (χ0v) is 16.4. The number of nitrogens with two attached hydrogens (primary N) is 1. The lowest BCUT2D eigenvalue weighted by Gasteiger charge is -2.08. The number of carbonyl (C=O) groups excluding carboxylic acids is 1. The maximum atomic E-state index is 14.2. The van der Waals surface area contributed by atoms with Gasteiger partial charge in [-0.25, -0.2) is 13.8 Å². The van der Waals surface area contributed by atoms with Crippen LogP contribution in [-0.4, -0.2) is 18.0 Å². The molecule has 1 amide bonds. The van der Waals surface area contributed by atoms with Gasteiger partial charge in [0, 0.05) is 5.56 Å². The van der Waals surface area contributed by atoms with Crippen molar-refractivity contribution < 1.29 is 23.0 Å². The van der Waals surface area contributed by atoms with E-state index in [1.165, 1.54) is 11.3 Å². The number of ether oxygens (including phenoxy) is 2. The quantitative estimate of drug-likeness (QED) is 0.593. The van der Waals surface area contributed by atoms with Crippen LogP contribution in [0.5, 0.6) is 11.5 Å². The third-order valence-corrected chi connectivity index (χ3v) is 5.33. The molecule has 0 aliphatic carbocycles. The Kier molecular flexibility index (Phi) is 5.71. The molecule has 0 saturated carbocycles. The van der Waals surface area contributed by atoms with Crippen LogP contribution in [0.1, 0.15) is 15.4 Å². The second-order valence-corrected chi connectivity index (χ2v) is 7.75. The van der Waals surface area contributed by atoms with E-state index in [9.17, 15) is 13.6 Å². The van der Waals surface area contributed by atoms with Gasteiger partial charge in [-0.3, -0.25) is 4.79 Å². The molecule has 2 N–H and O–H groups in total. The molecule has 3 aromatic rings. The standard InChI is InChI=1S/C18H13BrF2N2O3S/c1-25-10-4-2-9(3-5-10)16-17(19)27-13(23-16)8-26-12-7-6-11(20)14(15(12)21)18(22)24/h2-7H,8H2,1H3,(H2,22,24). The number of methoxy groups -OCH3 is 1. The molecule has 0 aliphatic heterocycles. The van der Waals surface area contributed by atoms with E-state index in [2.05, 4.69) is 20.9 Å². The van der Waals surface area contributed by atoms with Crippen LogP contribution >= 0.6 is 27.3 Å². The molecule has 0 spiro atoms. The van der Waals surface area contributed by atoms with E-state index >= 15 is 0 Å². The molecule has 5 nitrogen and oxygen atoms in total. The summed E-state index contributed by atoms with van der Waals surface area (Å²) in [6, 6.07) is 9.39. The normalized spacial score (nSPS) is 10.7. The summed E-state index contributed by atoms with van der Waals surface area (Å²) in [5, 5.41) is 0.567. The summed E-state index contributed by atoms with van der Waals surface area (Å²) in [5.74, 6) is -2.91. The van der Waals surface area contributed by atoms with E-state index in [0.717, 1.165) is 27.2 Å². The van der Waals surface area contributed by atoms with Crippen LogP contribution in [0, 0.1) is 11.6 Å². The van der Waals surface area contributed by atoms with Crippen molar-refractivity contribution in [3.63, 3.8) is 0 Å². The largest absolute Gasteiger partial charge is 0.497 e. The minimum absolute atomic E-state index is 0.0554.